The van der Waals surface area contributed by atoms with Crippen LogP contribution in [0.2, 0.25) is 0 Å². The molecule has 1 atom stereocenters. The molecule has 3 heteroatoms. The number of phenols is 1. The highest BCUT2D eigenvalue weighted by Gasteiger charge is 2.11. The van der Waals surface area contributed by atoms with Gasteiger partial charge in [-0.15, -0.1) is 0 Å². The first-order chi connectivity index (χ1) is 6.60. The van der Waals surface area contributed by atoms with Crippen molar-refractivity contribution in [3.05, 3.63) is 23.3 Å². The van der Waals surface area contributed by atoms with Gasteiger partial charge in [-0.05, 0) is 24.1 Å². The Morgan fingerprint density at radius 1 is 1.43 bits per heavy atom. The van der Waals surface area contributed by atoms with Crippen LogP contribution in [0.3, 0.4) is 0 Å². The van der Waals surface area contributed by atoms with E-state index < -0.39 is 0 Å². The molecule has 0 aliphatic rings. The van der Waals surface area contributed by atoms with E-state index in [1.165, 1.54) is 7.11 Å². The average Bonchev–Trinajstić information content (AvgIpc) is 2.20. The molecule has 0 radical (unpaired) electrons. The number of hydrogen-bond donors (Lipinski definition) is 2. The summed E-state index contributed by atoms with van der Waals surface area (Å²) in [4.78, 5) is 0. The first-order valence-electron chi connectivity index (χ1n) is 4.58. The van der Waals surface area contributed by atoms with Crippen LogP contribution in [0, 0.1) is 6.92 Å². The average molecular weight is 196 g/mol. The molecule has 0 heterocycles. The molecule has 0 fully saturated rings. The highest BCUT2D eigenvalue weighted by molar-refractivity contribution is 5.48. The van der Waals surface area contributed by atoms with Crippen molar-refractivity contribution < 1.29 is 14.9 Å². The standard InChI is InChI=1S/C11H16O3/c1-7-4-9(8(2)6-12)5-10(14-3)11(7)13/h4-5,8,12-13H,6H2,1-3H3. The molecule has 0 saturated carbocycles. The van der Waals surface area contributed by atoms with Gasteiger partial charge < -0.3 is 14.9 Å². The topological polar surface area (TPSA) is 49.7 Å². The van der Waals surface area contributed by atoms with E-state index in [9.17, 15) is 5.11 Å². The lowest BCUT2D eigenvalue weighted by Crippen LogP contribution is -2.00. The van der Waals surface area contributed by atoms with Crippen LogP contribution in [0.1, 0.15) is 24.0 Å². The van der Waals surface area contributed by atoms with Gasteiger partial charge in [0.25, 0.3) is 0 Å². The number of rotatable bonds is 3. The number of aryl methyl sites for hydroxylation is 1. The number of aromatic hydroxyl groups is 1. The summed E-state index contributed by atoms with van der Waals surface area (Å²) in [5.41, 5.74) is 1.74. The third-order valence-electron chi connectivity index (χ3n) is 2.35. The molecule has 0 saturated heterocycles. The van der Waals surface area contributed by atoms with Gasteiger partial charge in [-0.25, -0.2) is 0 Å². The highest BCUT2D eigenvalue weighted by atomic mass is 16.5. The quantitative estimate of drug-likeness (QED) is 0.775. The van der Waals surface area contributed by atoms with E-state index >= 15 is 0 Å². The minimum Gasteiger partial charge on any atom is -0.504 e. The number of ether oxygens (including phenoxy) is 1. The van der Waals surface area contributed by atoms with E-state index in [1.54, 1.807) is 6.07 Å². The van der Waals surface area contributed by atoms with E-state index in [0.717, 1.165) is 11.1 Å². The Balaban J connectivity index is 3.16. The predicted octanol–water partition coefficient (Wildman–Crippen LogP) is 1.81. The first kappa shape index (κ1) is 10.9. The summed E-state index contributed by atoms with van der Waals surface area (Å²) >= 11 is 0. The second kappa shape index (κ2) is 4.33. The molecule has 78 valence electrons. The van der Waals surface area contributed by atoms with Crippen molar-refractivity contribution in [3.8, 4) is 11.5 Å². The summed E-state index contributed by atoms with van der Waals surface area (Å²) in [6.07, 6.45) is 0. The number of hydrogen-bond acceptors (Lipinski definition) is 3. The molecule has 2 N–H and O–H groups in total. The van der Waals surface area contributed by atoms with Crippen LogP contribution in [0.15, 0.2) is 12.1 Å². The summed E-state index contributed by atoms with van der Waals surface area (Å²) in [5.74, 6) is 0.685. The van der Waals surface area contributed by atoms with Crippen molar-refractivity contribution in [2.75, 3.05) is 13.7 Å². The van der Waals surface area contributed by atoms with Gasteiger partial charge in [0, 0.05) is 12.5 Å². The number of benzene rings is 1. The maximum absolute atomic E-state index is 9.59. The summed E-state index contributed by atoms with van der Waals surface area (Å²) in [6, 6.07) is 3.61. The lowest BCUT2D eigenvalue weighted by atomic mass is 9.99. The fourth-order valence-corrected chi connectivity index (χ4v) is 1.32. The molecule has 1 aromatic carbocycles. The molecule has 1 unspecified atom stereocenters. The molecule has 1 aromatic rings. The molecule has 0 spiro atoms. The molecule has 0 aliphatic heterocycles. The Labute approximate surface area is 84.0 Å². The van der Waals surface area contributed by atoms with Gasteiger partial charge in [-0.1, -0.05) is 13.0 Å². The lowest BCUT2D eigenvalue weighted by Gasteiger charge is -2.13. The Morgan fingerprint density at radius 3 is 2.57 bits per heavy atom. The van der Waals surface area contributed by atoms with Crippen molar-refractivity contribution >= 4 is 0 Å². The first-order valence-corrected chi connectivity index (χ1v) is 4.58. The van der Waals surface area contributed by atoms with Crippen LogP contribution < -0.4 is 4.74 Å². The largest absolute Gasteiger partial charge is 0.504 e. The zero-order valence-electron chi connectivity index (χ0n) is 8.74. The van der Waals surface area contributed by atoms with Crippen LogP contribution in [0.5, 0.6) is 11.5 Å². The Bertz CT molecular complexity index is 321. The van der Waals surface area contributed by atoms with Crippen LogP contribution in [0.25, 0.3) is 0 Å². The monoisotopic (exact) mass is 196 g/mol. The van der Waals surface area contributed by atoms with E-state index in [2.05, 4.69) is 0 Å². The summed E-state index contributed by atoms with van der Waals surface area (Å²) in [6.45, 7) is 3.82. The van der Waals surface area contributed by atoms with Crippen LogP contribution in [-0.4, -0.2) is 23.9 Å². The highest BCUT2D eigenvalue weighted by Crippen LogP contribution is 2.33. The van der Waals surface area contributed by atoms with Gasteiger partial charge >= 0.3 is 0 Å². The van der Waals surface area contributed by atoms with E-state index in [4.69, 9.17) is 9.84 Å². The van der Waals surface area contributed by atoms with Crippen molar-refractivity contribution in [2.45, 2.75) is 19.8 Å². The van der Waals surface area contributed by atoms with Crippen LogP contribution >= 0.6 is 0 Å². The number of aliphatic hydroxyl groups is 1. The zero-order chi connectivity index (χ0) is 10.7. The SMILES string of the molecule is COc1cc(C(C)CO)cc(C)c1O. The van der Waals surface area contributed by atoms with Gasteiger partial charge in [-0.2, -0.15) is 0 Å². The lowest BCUT2D eigenvalue weighted by molar-refractivity contribution is 0.272. The second-order valence-corrected chi connectivity index (χ2v) is 3.47. The fourth-order valence-electron chi connectivity index (χ4n) is 1.32. The maximum atomic E-state index is 9.59. The maximum Gasteiger partial charge on any atom is 0.161 e. The molecule has 0 aliphatic carbocycles. The van der Waals surface area contributed by atoms with Gasteiger partial charge in [0.1, 0.15) is 0 Å². The van der Waals surface area contributed by atoms with E-state index in [-0.39, 0.29) is 18.3 Å². The predicted molar refractivity (Wildman–Crippen MR) is 54.9 cm³/mol. The normalized spacial score (nSPS) is 12.6. The van der Waals surface area contributed by atoms with Crippen LogP contribution in [-0.2, 0) is 0 Å². The summed E-state index contributed by atoms with van der Waals surface area (Å²) in [5, 5.41) is 18.6. The molecule has 0 bridgehead atoms. The van der Waals surface area contributed by atoms with Gasteiger partial charge in [0.15, 0.2) is 11.5 Å². The molecule has 0 aromatic heterocycles. The fraction of sp³-hybridized carbons (Fsp3) is 0.455. The summed E-state index contributed by atoms with van der Waals surface area (Å²) in [7, 11) is 1.52. The molecule has 14 heavy (non-hydrogen) atoms. The molecular weight excluding hydrogens is 180 g/mol. The molecule has 0 amide bonds. The number of phenolic OH excluding ortho intramolecular Hbond substituents is 1. The Hall–Kier alpha value is -1.22. The summed E-state index contributed by atoms with van der Waals surface area (Å²) < 4.78 is 5.03. The van der Waals surface area contributed by atoms with Gasteiger partial charge in [0.05, 0.1) is 7.11 Å². The van der Waals surface area contributed by atoms with Gasteiger partial charge in [-0.3, -0.25) is 0 Å². The van der Waals surface area contributed by atoms with Crippen molar-refractivity contribution in [1.29, 1.82) is 0 Å². The second-order valence-electron chi connectivity index (χ2n) is 3.47. The van der Waals surface area contributed by atoms with Crippen LogP contribution in [0.4, 0.5) is 0 Å². The Kier molecular flexibility index (Phi) is 3.36. The minimum absolute atomic E-state index is 0.0585. The van der Waals surface area contributed by atoms with E-state index in [0.29, 0.717) is 5.75 Å². The van der Waals surface area contributed by atoms with Crippen molar-refractivity contribution in [1.82, 2.24) is 0 Å². The number of methoxy groups -OCH3 is 1. The van der Waals surface area contributed by atoms with Crippen molar-refractivity contribution in [2.24, 2.45) is 0 Å². The zero-order valence-corrected chi connectivity index (χ0v) is 8.74. The van der Waals surface area contributed by atoms with Gasteiger partial charge in [0.2, 0.25) is 0 Å². The molecule has 3 nitrogen and oxygen atoms in total. The number of aliphatic hydroxyl groups excluding tert-OH is 1. The molecule has 1 rings (SSSR count). The smallest absolute Gasteiger partial charge is 0.161 e. The molecular formula is C11H16O3. The third kappa shape index (κ3) is 1.99. The van der Waals surface area contributed by atoms with Crippen molar-refractivity contribution in [3.63, 3.8) is 0 Å². The Morgan fingerprint density at radius 2 is 2.07 bits per heavy atom. The van der Waals surface area contributed by atoms with E-state index in [1.807, 2.05) is 19.9 Å². The third-order valence-corrected chi connectivity index (χ3v) is 2.35. The minimum atomic E-state index is 0.0585.